The molecule has 0 aromatic carbocycles. The molecule has 1 aliphatic heterocycles. The molecule has 0 aliphatic carbocycles. The number of carbonyl (C=O) groups excluding carboxylic acids is 1. The average molecular weight is 284 g/mol. The van der Waals surface area contributed by atoms with Crippen LogP contribution in [0.25, 0.3) is 0 Å². The number of alkyl halides is 1. The van der Waals surface area contributed by atoms with Crippen LogP contribution < -0.4 is 4.74 Å². The van der Waals surface area contributed by atoms with Crippen LogP contribution in [-0.2, 0) is 4.79 Å². The smallest absolute Gasteiger partial charge is 0.233 e. The second kappa shape index (κ2) is 5.74. The second-order valence-corrected chi connectivity index (χ2v) is 5.63. The van der Waals surface area contributed by atoms with Gasteiger partial charge in [-0.15, -0.1) is 16.7 Å². The van der Waals surface area contributed by atoms with Crippen molar-refractivity contribution in [2.75, 3.05) is 19.0 Å². The Kier molecular flexibility index (Phi) is 4.24. The number of carbonyl (C=O) groups is 1. The normalized spacial score (nSPS) is 19.5. The van der Waals surface area contributed by atoms with E-state index in [0.29, 0.717) is 24.8 Å². The Labute approximate surface area is 117 Å². The summed E-state index contributed by atoms with van der Waals surface area (Å²) in [6, 6.07) is 3.54. The van der Waals surface area contributed by atoms with Crippen LogP contribution in [0.15, 0.2) is 18.3 Å². The highest BCUT2D eigenvalue weighted by Crippen LogP contribution is 2.24. The van der Waals surface area contributed by atoms with Gasteiger partial charge in [-0.25, -0.2) is 0 Å². The number of rotatable bonds is 4. The van der Waals surface area contributed by atoms with Gasteiger partial charge in [0.1, 0.15) is 6.10 Å². The molecular weight excluding hydrogens is 266 g/mol. The lowest BCUT2D eigenvalue weighted by molar-refractivity contribution is -0.138. The molecule has 1 saturated heterocycles. The molecule has 1 fully saturated rings. The number of ether oxygens (including phenoxy) is 1. The van der Waals surface area contributed by atoms with E-state index < -0.39 is 5.41 Å². The number of halogens is 1. The lowest BCUT2D eigenvalue weighted by Crippen LogP contribution is -2.41. The average Bonchev–Trinajstić information content (AvgIpc) is 2.87. The molecule has 1 aromatic rings. The highest BCUT2D eigenvalue weighted by Gasteiger charge is 2.36. The Morgan fingerprint density at radius 1 is 1.63 bits per heavy atom. The maximum Gasteiger partial charge on any atom is 0.233 e. The SMILES string of the molecule is CC(C)(CCl)C(=O)N1CCC(Oc2cccnn2)C1. The van der Waals surface area contributed by atoms with Crippen LogP contribution in [0, 0.1) is 5.41 Å². The third kappa shape index (κ3) is 3.35. The predicted octanol–water partition coefficient (Wildman–Crippen LogP) is 1.72. The van der Waals surface area contributed by atoms with Gasteiger partial charge in [0.25, 0.3) is 0 Å². The number of amides is 1. The maximum atomic E-state index is 12.3. The third-order valence-corrected chi connectivity index (χ3v) is 3.85. The summed E-state index contributed by atoms with van der Waals surface area (Å²) in [7, 11) is 0. The van der Waals surface area contributed by atoms with Crippen molar-refractivity contribution < 1.29 is 9.53 Å². The fourth-order valence-corrected chi connectivity index (χ4v) is 2.13. The van der Waals surface area contributed by atoms with Crippen molar-refractivity contribution in [3.63, 3.8) is 0 Å². The van der Waals surface area contributed by atoms with Crippen LogP contribution in [0.4, 0.5) is 0 Å². The topological polar surface area (TPSA) is 55.3 Å². The molecule has 2 rings (SSSR count). The van der Waals surface area contributed by atoms with E-state index in [9.17, 15) is 4.79 Å². The van der Waals surface area contributed by atoms with Crippen molar-refractivity contribution in [2.24, 2.45) is 5.41 Å². The highest BCUT2D eigenvalue weighted by atomic mass is 35.5. The number of hydrogen-bond donors (Lipinski definition) is 0. The largest absolute Gasteiger partial charge is 0.471 e. The first-order valence-corrected chi connectivity index (χ1v) is 6.86. The molecule has 0 N–H and O–H groups in total. The summed E-state index contributed by atoms with van der Waals surface area (Å²) in [6.07, 6.45) is 2.38. The lowest BCUT2D eigenvalue weighted by atomic mass is 9.94. The molecule has 0 spiro atoms. The Morgan fingerprint density at radius 2 is 2.42 bits per heavy atom. The minimum atomic E-state index is -0.525. The van der Waals surface area contributed by atoms with Gasteiger partial charge in [0.15, 0.2) is 0 Å². The van der Waals surface area contributed by atoms with Crippen LogP contribution in [0.5, 0.6) is 5.88 Å². The van der Waals surface area contributed by atoms with E-state index in [4.69, 9.17) is 16.3 Å². The summed E-state index contributed by atoms with van der Waals surface area (Å²) < 4.78 is 5.70. The molecule has 0 bridgehead atoms. The molecule has 0 radical (unpaired) electrons. The zero-order valence-electron chi connectivity index (χ0n) is 11.2. The van der Waals surface area contributed by atoms with Crippen molar-refractivity contribution in [1.29, 1.82) is 0 Å². The Morgan fingerprint density at radius 3 is 3.05 bits per heavy atom. The minimum Gasteiger partial charge on any atom is -0.471 e. The van der Waals surface area contributed by atoms with Gasteiger partial charge in [-0.2, -0.15) is 5.10 Å². The first kappa shape index (κ1) is 14.1. The number of nitrogens with zero attached hydrogens (tertiary/aromatic N) is 3. The molecule has 2 heterocycles. The number of likely N-dealkylation sites (tertiary alicyclic amines) is 1. The van der Waals surface area contributed by atoms with Gasteiger partial charge >= 0.3 is 0 Å². The fraction of sp³-hybridized carbons (Fsp3) is 0.615. The summed E-state index contributed by atoms with van der Waals surface area (Å²) in [6.45, 7) is 5.00. The molecule has 19 heavy (non-hydrogen) atoms. The molecule has 5 nitrogen and oxygen atoms in total. The first-order chi connectivity index (χ1) is 9.03. The predicted molar refractivity (Wildman–Crippen MR) is 72.1 cm³/mol. The van der Waals surface area contributed by atoms with E-state index >= 15 is 0 Å². The Bertz CT molecular complexity index is 439. The summed E-state index contributed by atoms with van der Waals surface area (Å²) >= 11 is 5.84. The van der Waals surface area contributed by atoms with Gasteiger partial charge in [-0.05, 0) is 19.9 Å². The summed E-state index contributed by atoms with van der Waals surface area (Å²) in [5.74, 6) is 0.893. The first-order valence-electron chi connectivity index (χ1n) is 6.32. The van der Waals surface area contributed by atoms with E-state index in [1.54, 1.807) is 18.3 Å². The van der Waals surface area contributed by atoms with E-state index in [0.717, 1.165) is 6.42 Å². The summed E-state index contributed by atoms with van der Waals surface area (Å²) in [4.78, 5) is 14.1. The lowest BCUT2D eigenvalue weighted by Gasteiger charge is -2.27. The van der Waals surface area contributed by atoms with Gasteiger partial charge < -0.3 is 9.64 Å². The highest BCUT2D eigenvalue weighted by molar-refractivity contribution is 6.19. The maximum absolute atomic E-state index is 12.3. The van der Waals surface area contributed by atoms with Gasteiger partial charge in [-0.1, -0.05) is 0 Å². The van der Waals surface area contributed by atoms with Crippen molar-refractivity contribution in [1.82, 2.24) is 15.1 Å². The quantitative estimate of drug-likeness (QED) is 0.790. The zero-order valence-corrected chi connectivity index (χ0v) is 11.9. The Hall–Kier alpha value is -1.36. The molecule has 104 valence electrons. The number of aromatic nitrogens is 2. The van der Waals surface area contributed by atoms with Crippen molar-refractivity contribution in [2.45, 2.75) is 26.4 Å². The van der Waals surface area contributed by atoms with Crippen molar-refractivity contribution in [3.05, 3.63) is 18.3 Å². The van der Waals surface area contributed by atoms with E-state index in [-0.39, 0.29) is 12.0 Å². The standard InChI is InChI=1S/C13H18ClN3O2/c1-13(2,9-14)12(18)17-7-5-10(8-17)19-11-4-3-6-15-16-11/h3-4,6,10H,5,7-9H2,1-2H3. The summed E-state index contributed by atoms with van der Waals surface area (Å²) in [5.41, 5.74) is -0.525. The van der Waals surface area contributed by atoms with Crippen LogP contribution >= 0.6 is 11.6 Å². The van der Waals surface area contributed by atoms with E-state index in [2.05, 4.69) is 10.2 Å². The molecule has 6 heteroatoms. The van der Waals surface area contributed by atoms with E-state index in [1.807, 2.05) is 18.7 Å². The van der Waals surface area contributed by atoms with E-state index in [1.165, 1.54) is 0 Å². The third-order valence-electron chi connectivity index (χ3n) is 3.18. The molecular formula is C13H18ClN3O2. The number of hydrogen-bond acceptors (Lipinski definition) is 4. The Balaban J connectivity index is 1.92. The van der Waals surface area contributed by atoms with Gasteiger partial charge in [-0.3, -0.25) is 4.79 Å². The molecule has 1 aliphatic rings. The van der Waals surface area contributed by atoms with Crippen LogP contribution in [0.2, 0.25) is 0 Å². The van der Waals surface area contributed by atoms with Crippen LogP contribution in [0.1, 0.15) is 20.3 Å². The van der Waals surface area contributed by atoms with Gasteiger partial charge in [0, 0.05) is 31.1 Å². The molecule has 1 atom stereocenters. The second-order valence-electron chi connectivity index (χ2n) is 5.36. The monoisotopic (exact) mass is 283 g/mol. The molecule has 1 unspecified atom stereocenters. The van der Waals surface area contributed by atoms with Gasteiger partial charge in [0.05, 0.1) is 12.0 Å². The molecule has 1 amide bonds. The summed E-state index contributed by atoms with van der Waals surface area (Å²) in [5, 5.41) is 7.64. The van der Waals surface area contributed by atoms with Gasteiger partial charge in [0.2, 0.25) is 11.8 Å². The molecule has 1 aromatic heterocycles. The van der Waals surface area contributed by atoms with Crippen LogP contribution in [0.3, 0.4) is 0 Å². The van der Waals surface area contributed by atoms with Crippen molar-refractivity contribution in [3.8, 4) is 5.88 Å². The van der Waals surface area contributed by atoms with Crippen LogP contribution in [-0.4, -0.2) is 46.1 Å². The zero-order chi connectivity index (χ0) is 13.9. The minimum absolute atomic E-state index is 0.0215. The fourth-order valence-electron chi connectivity index (χ4n) is 2.02. The van der Waals surface area contributed by atoms with Crippen molar-refractivity contribution >= 4 is 17.5 Å². The molecule has 0 saturated carbocycles.